The van der Waals surface area contributed by atoms with Crippen molar-refractivity contribution in [3.05, 3.63) is 29.8 Å². The maximum Gasteiger partial charge on any atom is 0.124 e. The van der Waals surface area contributed by atoms with Crippen molar-refractivity contribution in [1.82, 2.24) is 0 Å². The highest BCUT2D eigenvalue weighted by Crippen LogP contribution is 2.27. The number of benzene rings is 1. The average Bonchev–Trinajstić information content (AvgIpc) is 2.47. The zero-order valence-electron chi connectivity index (χ0n) is 13.2. The van der Waals surface area contributed by atoms with Crippen molar-refractivity contribution < 1.29 is 4.74 Å². The first-order valence-corrected chi connectivity index (χ1v) is 8.26. The molecule has 0 saturated heterocycles. The molecule has 0 fully saturated rings. The van der Waals surface area contributed by atoms with Crippen LogP contribution in [0.5, 0.6) is 5.75 Å². The van der Waals surface area contributed by atoms with Gasteiger partial charge in [-0.05, 0) is 19.4 Å². The zero-order chi connectivity index (χ0) is 14.6. The number of hydrogen-bond acceptors (Lipinski definition) is 2. The normalized spacial score (nSPS) is 12.3. The molecule has 20 heavy (non-hydrogen) atoms. The van der Waals surface area contributed by atoms with E-state index in [1.54, 1.807) is 0 Å². The molecule has 0 aliphatic carbocycles. The van der Waals surface area contributed by atoms with Gasteiger partial charge in [-0.3, -0.25) is 0 Å². The van der Waals surface area contributed by atoms with E-state index in [1.807, 2.05) is 25.1 Å². The van der Waals surface area contributed by atoms with E-state index in [0.29, 0.717) is 6.61 Å². The highest BCUT2D eigenvalue weighted by Gasteiger charge is 2.10. The topological polar surface area (TPSA) is 35.2 Å². The van der Waals surface area contributed by atoms with E-state index in [-0.39, 0.29) is 6.04 Å². The maximum atomic E-state index is 6.31. The summed E-state index contributed by atoms with van der Waals surface area (Å²) in [6, 6.07) is 8.27. The second kappa shape index (κ2) is 10.7. The summed E-state index contributed by atoms with van der Waals surface area (Å²) in [5, 5.41) is 0. The number of rotatable bonds is 11. The van der Waals surface area contributed by atoms with Crippen molar-refractivity contribution in [1.29, 1.82) is 0 Å². The number of ether oxygens (including phenoxy) is 1. The predicted molar refractivity (Wildman–Crippen MR) is 87.1 cm³/mol. The third-order valence-corrected chi connectivity index (χ3v) is 3.74. The number of hydrogen-bond donors (Lipinski definition) is 1. The Bertz CT molecular complexity index is 351. The van der Waals surface area contributed by atoms with Gasteiger partial charge in [0.1, 0.15) is 5.75 Å². The smallest absolute Gasteiger partial charge is 0.124 e. The first-order valence-electron chi connectivity index (χ1n) is 8.26. The standard InChI is InChI=1S/C18H31NO/c1-3-5-6-7-8-9-10-14-17(19)16-13-11-12-15-18(16)20-4-2/h11-13,15,17H,3-10,14,19H2,1-2H3. The molecule has 0 bridgehead atoms. The molecular formula is C18H31NO. The summed E-state index contributed by atoms with van der Waals surface area (Å²) in [6.07, 6.45) is 10.4. The summed E-state index contributed by atoms with van der Waals surface area (Å²) in [4.78, 5) is 0. The van der Waals surface area contributed by atoms with Gasteiger partial charge in [0.2, 0.25) is 0 Å². The van der Waals surface area contributed by atoms with Crippen LogP contribution < -0.4 is 10.5 Å². The van der Waals surface area contributed by atoms with Crippen molar-refractivity contribution >= 4 is 0 Å². The lowest BCUT2D eigenvalue weighted by molar-refractivity contribution is 0.333. The summed E-state index contributed by atoms with van der Waals surface area (Å²) in [5.41, 5.74) is 7.46. The molecule has 2 nitrogen and oxygen atoms in total. The van der Waals surface area contributed by atoms with Crippen LogP contribution in [0.15, 0.2) is 24.3 Å². The van der Waals surface area contributed by atoms with Gasteiger partial charge >= 0.3 is 0 Å². The van der Waals surface area contributed by atoms with Gasteiger partial charge in [-0.2, -0.15) is 0 Å². The first-order chi connectivity index (χ1) is 9.79. The van der Waals surface area contributed by atoms with Crippen molar-refractivity contribution in [2.24, 2.45) is 5.73 Å². The van der Waals surface area contributed by atoms with Crippen LogP contribution in [0.1, 0.15) is 76.8 Å². The second-order valence-electron chi connectivity index (χ2n) is 5.49. The summed E-state index contributed by atoms with van der Waals surface area (Å²) in [5.74, 6) is 0.949. The van der Waals surface area contributed by atoms with Crippen LogP contribution in [0, 0.1) is 0 Å². The molecule has 0 amide bonds. The summed E-state index contributed by atoms with van der Waals surface area (Å²) in [6.45, 7) is 4.97. The molecule has 114 valence electrons. The first kappa shape index (κ1) is 17.0. The SMILES string of the molecule is CCCCCCCCCC(N)c1ccccc1OCC. The largest absolute Gasteiger partial charge is 0.494 e. The Morgan fingerprint density at radius 3 is 2.30 bits per heavy atom. The lowest BCUT2D eigenvalue weighted by Gasteiger charge is -2.16. The molecule has 0 aliphatic heterocycles. The Balaban J connectivity index is 2.27. The van der Waals surface area contributed by atoms with Crippen LogP contribution in [-0.2, 0) is 0 Å². The van der Waals surface area contributed by atoms with Gasteiger partial charge in [-0.15, -0.1) is 0 Å². The summed E-state index contributed by atoms with van der Waals surface area (Å²) >= 11 is 0. The molecule has 0 aromatic heterocycles. The third kappa shape index (κ3) is 6.42. The van der Waals surface area contributed by atoms with Crippen LogP contribution in [-0.4, -0.2) is 6.61 Å². The lowest BCUT2D eigenvalue weighted by atomic mass is 9.99. The van der Waals surface area contributed by atoms with E-state index in [2.05, 4.69) is 13.0 Å². The van der Waals surface area contributed by atoms with Crippen molar-refractivity contribution in [3.8, 4) is 5.75 Å². The Labute approximate surface area is 124 Å². The van der Waals surface area contributed by atoms with E-state index in [4.69, 9.17) is 10.5 Å². The van der Waals surface area contributed by atoms with Gasteiger partial charge in [0.15, 0.2) is 0 Å². The summed E-state index contributed by atoms with van der Waals surface area (Å²) < 4.78 is 5.65. The Morgan fingerprint density at radius 1 is 0.950 bits per heavy atom. The van der Waals surface area contributed by atoms with E-state index >= 15 is 0 Å². The van der Waals surface area contributed by atoms with Gasteiger partial charge < -0.3 is 10.5 Å². The molecule has 0 radical (unpaired) electrons. The molecule has 0 heterocycles. The van der Waals surface area contributed by atoms with E-state index < -0.39 is 0 Å². The van der Waals surface area contributed by atoms with Crippen LogP contribution >= 0.6 is 0 Å². The highest BCUT2D eigenvalue weighted by molar-refractivity contribution is 5.35. The molecule has 1 rings (SSSR count). The third-order valence-electron chi connectivity index (χ3n) is 3.74. The Hall–Kier alpha value is -1.02. The second-order valence-corrected chi connectivity index (χ2v) is 5.49. The van der Waals surface area contributed by atoms with Crippen molar-refractivity contribution in [2.45, 2.75) is 71.3 Å². The van der Waals surface area contributed by atoms with Gasteiger partial charge in [0, 0.05) is 11.6 Å². The fourth-order valence-corrected chi connectivity index (χ4v) is 2.55. The quantitative estimate of drug-likeness (QED) is 0.562. The molecule has 0 spiro atoms. The highest BCUT2D eigenvalue weighted by atomic mass is 16.5. The van der Waals surface area contributed by atoms with E-state index in [1.165, 1.54) is 44.9 Å². The lowest BCUT2D eigenvalue weighted by Crippen LogP contribution is -2.12. The van der Waals surface area contributed by atoms with Crippen LogP contribution in [0.3, 0.4) is 0 Å². The van der Waals surface area contributed by atoms with Crippen molar-refractivity contribution in [3.63, 3.8) is 0 Å². The van der Waals surface area contributed by atoms with E-state index in [9.17, 15) is 0 Å². The minimum absolute atomic E-state index is 0.105. The Morgan fingerprint density at radius 2 is 1.60 bits per heavy atom. The van der Waals surface area contributed by atoms with Gasteiger partial charge in [0.05, 0.1) is 6.61 Å². The minimum atomic E-state index is 0.105. The Kier molecular flexibility index (Phi) is 9.14. The molecule has 2 N–H and O–H groups in total. The minimum Gasteiger partial charge on any atom is -0.494 e. The van der Waals surface area contributed by atoms with Crippen LogP contribution in [0.4, 0.5) is 0 Å². The monoisotopic (exact) mass is 277 g/mol. The molecular weight excluding hydrogens is 246 g/mol. The van der Waals surface area contributed by atoms with E-state index in [0.717, 1.165) is 17.7 Å². The average molecular weight is 277 g/mol. The number of para-hydroxylation sites is 1. The van der Waals surface area contributed by atoms with Crippen molar-refractivity contribution in [2.75, 3.05) is 6.61 Å². The zero-order valence-corrected chi connectivity index (χ0v) is 13.2. The summed E-state index contributed by atoms with van der Waals surface area (Å²) in [7, 11) is 0. The molecule has 0 saturated carbocycles. The molecule has 1 unspecified atom stereocenters. The maximum absolute atomic E-state index is 6.31. The van der Waals surface area contributed by atoms with Gasteiger partial charge in [-0.25, -0.2) is 0 Å². The molecule has 1 atom stereocenters. The fraction of sp³-hybridized carbons (Fsp3) is 0.667. The number of unbranched alkanes of at least 4 members (excludes halogenated alkanes) is 6. The van der Waals surface area contributed by atoms with Crippen LogP contribution in [0.25, 0.3) is 0 Å². The van der Waals surface area contributed by atoms with Gasteiger partial charge in [0.25, 0.3) is 0 Å². The fourth-order valence-electron chi connectivity index (χ4n) is 2.55. The van der Waals surface area contributed by atoms with Crippen LogP contribution in [0.2, 0.25) is 0 Å². The molecule has 0 aliphatic rings. The molecule has 1 aromatic rings. The number of nitrogens with two attached hydrogens (primary N) is 1. The molecule has 1 aromatic carbocycles. The van der Waals surface area contributed by atoms with Gasteiger partial charge in [-0.1, -0.05) is 70.1 Å². The molecule has 2 heteroatoms. The predicted octanol–water partition coefficient (Wildman–Crippen LogP) is 5.23.